The molecule has 2 nitrogen and oxygen atoms in total. The molecule has 0 saturated carbocycles. The van der Waals surface area contributed by atoms with Gasteiger partial charge in [0, 0.05) is 48.0 Å². The van der Waals surface area contributed by atoms with Gasteiger partial charge in [-0.2, -0.15) is 0 Å². The Balaban J connectivity index is 1.27. The first-order valence-corrected chi connectivity index (χ1v) is 17.4. The Kier molecular flexibility index (Phi) is 5.97. The minimum Gasteiger partial charge on any atom is -0.456 e. The van der Waals surface area contributed by atoms with Gasteiger partial charge in [0.2, 0.25) is 0 Å². The van der Waals surface area contributed by atoms with Crippen molar-refractivity contribution in [3.63, 3.8) is 0 Å². The maximum absolute atomic E-state index is 6.23. The Morgan fingerprint density at radius 1 is 0.417 bits per heavy atom. The van der Waals surface area contributed by atoms with Crippen LogP contribution in [0, 0.1) is 0 Å². The molecule has 0 saturated heterocycles. The largest absolute Gasteiger partial charge is 0.456 e. The molecule has 3 heteroatoms. The summed E-state index contributed by atoms with van der Waals surface area (Å²) in [7, 11) is 0. The number of rotatable bonds is 4. The maximum atomic E-state index is 6.23. The van der Waals surface area contributed by atoms with Crippen LogP contribution in [0.5, 0.6) is 0 Å². The number of fused-ring (bicyclic) bond motifs is 12. The van der Waals surface area contributed by atoms with E-state index in [1.165, 1.54) is 58.1 Å². The summed E-state index contributed by atoms with van der Waals surface area (Å²) in [6, 6.07) is 53.5. The Bertz CT molecular complexity index is 2870. The van der Waals surface area contributed by atoms with Crippen LogP contribution < -0.4 is 4.90 Å². The molecular formula is C45H31NOS. The highest BCUT2D eigenvalue weighted by atomic mass is 32.1. The fraction of sp³-hybridized carbons (Fsp3) is 0.0667. The van der Waals surface area contributed by atoms with Gasteiger partial charge in [0.05, 0.1) is 0 Å². The molecule has 10 rings (SSSR count). The molecular weight excluding hydrogens is 603 g/mol. The summed E-state index contributed by atoms with van der Waals surface area (Å²) in [5, 5.41) is 12.6. The quantitative estimate of drug-likeness (QED) is 0.179. The summed E-state index contributed by atoms with van der Waals surface area (Å²) in [6.45, 7) is 4.49. The van der Waals surface area contributed by atoms with Crippen LogP contribution in [0.25, 0.3) is 74.4 Å². The van der Waals surface area contributed by atoms with Crippen molar-refractivity contribution in [1.29, 1.82) is 0 Å². The first kappa shape index (κ1) is 27.5. The maximum Gasteiger partial charge on any atom is 0.135 e. The Morgan fingerprint density at radius 2 is 0.979 bits per heavy atom. The molecule has 8 aromatic carbocycles. The number of anilines is 3. The predicted octanol–water partition coefficient (Wildman–Crippen LogP) is 14.0. The third kappa shape index (κ3) is 4.11. The van der Waals surface area contributed by atoms with Gasteiger partial charge in [0.25, 0.3) is 0 Å². The molecule has 2 heterocycles. The minimum absolute atomic E-state index is 0.464. The first-order valence-electron chi connectivity index (χ1n) is 16.6. The minimum atomic E-state index is 0.464. The van der Waals surface area contributed by atoms with Crippen LogP contribution >= 0.6 is 11.3 Å². The van der Waals surface area contributed by atoms with Crippen LogP contribution in [-0.4, -0.2) is 0 Å². The van der Waals surface area contributed by atoms with Gasteiger partial charge in [0.1, 0.15) is 11.2 Å². The molecule has 0 aliphatic carbocycles. The number of nitrogens with zero attached hydrogens (tertiary/aromatic N) is 1. The van der Waals surface area contributed by atoms with Gasteiger partial charge in [-0.25, -0.2) is 0 Å². The molecule has 0 aliphatic rings. The number of benzene rings is 8. The van der Waals surface area contributed by atoms with Crippen molar-refractivity contribution in [2.75, 3.05) is 4.90 Å². The molecule has 0 amide bonds. The smallest absolute Gasteiger partial charge is 0.135 e. The highest BCUT2D eigenvalue weighted by molar-refractivity contribution is 7.25. The van der Waals surface area contributed by atoms with E-state index in [9.17, 15) is 0 Å². The second kappa shape index (κ2) is 10.4. The molecule has 10 aromatic rings. The number of para-hydroxylation sites is 1. The fourth-order valence-corrected chi connectivity index (χ4v) is 8.73. The number of hydrogen-bond donors (Lipinski definition) is 0. The Hall–Kier alpha value is -5.64. The molecule has 0 radical (unpaired) electrons. The van der Waals surface area contributed by atoms with E-state index in [1.54, 1.807) is 0 Å². The van der Waals surface area contributed by atoms with E-state index in [2.05, 4.69) is 152 Å². The Morgan fingerprint density at radius 3 is 1.77 bits per heavy atom. The van der Waals surface area contributed by atoms with Crippen LogP contribution in [0.3, 0.4) is 0 Å². The highest BCUT2D eigenvalue weighted by Gasteiger charge is 2.19. The van der Waals surface area contributed by atoms with Crippen LogP contribution in [0.15, 0.2) is 150 Å². The van der Waals surface area contributed by atoms with Gasteiger partial charge < -0.3 is 9.32 Å². The first-order chi connectivity index (χ1) is 23.6. The molecule has 0 spiro atoms. The number of furan rings is 1. The second-order valence-corrected chi connectivity index (χ2v) is 14.2. The van der Waals surface area contributed by atoms with Crippen molar-refractivity contribution in [2.45, 2.75) is 19.8 Å². The van der Waals surface area contributed by atoms with Crippen LogP contribution in [0.4, 0.5) is 17.1 Å². The van der Waals surface area contributed by atoms with Gasteiger partial charge in [-0.3, -0.25) is 0 Å². The molecule has 0 fully saturated rings. The SMILES string of the molecule is CC(C)c1ccc(N(c2ccc3oc4ccccc4c3c2)c2ccc3c4ccccc4c4cc5sc6ccccc6c5cc4c3c2)cc1. The van der Waals surface area contributed by atoms with Crippen LogP contribution in [-0.2, 0) is 0 Å². The van der Waals surface area contributed by atoms with E-state index in [0.29, 0.717) is 5.92 Å². The van der Waals surface area contributed by atoms with Gasteiger partial charge in [-0.05, 0) is 111 Å². The van der Waals surface area contributed by atoms with Crippen LogP contribution in [0.1, 0.15) is 25.3 Å². The molecule has 0 aliphatic heterocycles. The summed E-state index contributed by atoms with van der Waals surface area (Å²) in [5.41, 5.74) is 6.49. The van der Waals surface area contributed by atoms with E-state index in [0.717, 1.165) is 39.0 Å². The summed E-state index contributed by atoms with van der Waals surface area (Å²) in [6.07, 6.45) is 0. The van der Waals surface area contributed by atoms with E-state index in [1.807, 2.05) is 23.5 Å². The van der Waals surface area contributed by atoms with E-state index >= 15 is 0 Å². The predicted molar refractivity (Wildman–Crippen MR) is 208 cm³/mol. The van der Waals surface area contributed by atoms with Gasteiger partial charge in [0.15, 0.2) is 0 Å². The van der Waals surface area contributed by atoms with Crippen molar-refractivity contribution in [2.24, 2.45) is 0 Å². The average Bonchev–Trinajstić information content (AvgIpc) is 3.69. The lowest BCUT2D eigenvalue weighted by molar-refractivity contribution is 0.669. The lowest BCUT2D eigenvalue weighted by Crippen LogP contribution is -2.10. The third-order valence-corrected chi connectivity index (χ3v) is 11.1. The lowest BCUT2D eigenvalue weighted by Gasteiger charge is -2.26. The number of hydrogen-bond acceptors (Lipinski definition) is 3. The highest BCUT2D eigenvalue weighted by Crippen LogP contribution is 2.45. The Labute approximate surface area is 282 Å². The summed E-state index contributed by atoms with van der Waals surface area (Å²) < 4.78 is 8.89. The van der Waals surface area contributed by atoms with Gasteiger partial charge in [-0.15, -0.1) is 11.3 Å². The topological polar surface area (TPSA) is 16.4 Å². The fourth-order valence-electron chi connectivity index (χ4n) is 7.61. The second-order valence-electron chi connectivity index (χ2n) is 13.1. The lowest BCUT2D eigenvalue weighted by atomic mass is 9.92. The van der Waals surface area contributed by atoms with Crippen molar-refractivity contribution in [1.82, 2.24) is 0 Å². The average molecular weight is 634 g/mol. The third-order valence-electron chi connectivity index (χ3n) is 10.0. The summed E-state index contributed by atoms with van der Waals surface area (Å²) in [4.78, 5) is 2.39. The van der Waals surface area contributed by atoms with Gasteiger partial charge >= 0.3 is 0 Å². The van der Waals surface area contributed by atoms with Crippen molar-refractivity contribution >= 4 is 103 Å². The molecule has 0 unspecified atom stereocenters. The van der Waals surface area contributed by atoms with E-state index < -0.39 is 0 Å². The number of thiophene rings is 1. The monoisotopic (exact) mass is 633 g/mol. The molecule has 2 aromatic heterocycles. The zero-order valence-electron chi connectivity index (χ0n) is 26.7. The van der Waals surface area contributed by atoms with Crippen molar-refractivity contribution < 1.29 is 4.42 Å². The zero-order chi connectivity index (χ0) is 31.9. The van der Waals surface area contributed by atoms with E-state index in [4.69, 9.17) is 4.42 Å². The van der Waals surface area contributed by atoms with Crippen LogP contribution in [0.2, 0.25) is 0 Å². The summed E-state index contributed by atoms with van der Waals surface area (Å²) in [5.74, 6) is 0.464. The molecule has 0 bridgehead atoms. The van der Waals surface area contributed by atoms with E-state index in [-0.39, 0.29) is 0 Å². The zero-order valence-corrected chi connectivity index (χ0v) is 27.5. The molecule has 228 valence electrons. The molecule has 48 heavy (non-hydrogen) atoms. The molecule has 0 atom stereocenters. The van der Waals surface area contributed by atoms with Crippen molar-refractivity contribution in [3.8, 4) is 0 Å². The van der Waals surface area contributed by atoms with Gasteiger partial charge in [-0.1, -0.05) is 92.7 Å². The van der Waals surface area contributed by atoms with Crippen molar-refractivity contribution in [3.05, 3.63) is 151 Å². The normalized spacial score (nSPS) is 12.1. The molecule has 0 N–H and O–H groups in total. The standard InChI is InChI=1S/C45H31NOS/c1-27(2)28-15-17-29(18-16-28)46(31-20-22-43-40(24-31)35-11-5-7-13-42(35)47-43)30-19-21-34-32-9-3-4-10-33(32)39-26-45-41(25-38(39)37(34)23-30)36-12-6-8-14-44(36)48-45/h3-27H,1-2H3. The summed E-state index contributed by atoms with van der Waals surface area (Å²) >= 11 is 1.88.